The van der Waals surface area contributed by atoms with Gasteiger partial charge in [0.1, 0.15) is 18.2 Å². The zero-order chi connectivity index (χ0) is 20.5. The molecule has 2 aromatic carbocycles. The van der Waals surface area contributed by atoms with Gasteiger partial charge in [0.2, 0.25) is 0 Å². The van der Waals surface area contributed by atoms with Crippen LogP contribution in [0.15, 0.2) is 71.3 Å². The van der Waals surface area contributed by atoms with Crippen LogP contribution < -0.4 is 0 Å². The minimum atomic E-state index is -0.465. The van der Waals surface area contributed by atoms with Crippen molar-refractivity contribution in [3.63, 3.8) is 0 Å². The summed E-state index contributed by atoms with van der Waals surface area (Å²) in [7, 11) is 0. The maximum absolute atomic E-state index is 13.9. The third-order valence-electron chi connectivity index (χ3n) is 5.32. The summed E-state index contributed by atoms with van der Waals surface area (Å²) < 4.78 is 24.9. The number of carbonyl (C=O) groups is 1. The van der Waals surface area contributed by atoms with Crippen LogP contribution in [0.5, 0.6) is 0 Å². The van der Waals surface area contributed by atoms with Crippen molar-refractivity contribution >= 4 is 28.5 Å². The molecule has 2 aromatic heterocycles. The lowest BCUT2D eigenvalue weighted by atomic mass is 10.0. The highest BCUT2D eigenvalue weighted by atomic mass is 19.1. The van der Waals surface area contributed by atoms with Crippen LogP contribution in [0.4, 0.5) is 4.39 Å². The summed E-state index contributed by atoms with van der Waals surface area (Å²) in [5.74, 6) is -0.109. The van der Waals surface area contributed by atoms with Crippen LogP contribution in [0.25, 0.3) is 22.6 Å². The van der Waals surface area contributed by atoms with Gasteiger partial charge in [-0.3, -0.25) is 0 Å². The lowest BCUT2D eigenvalue weighted by Crippen LogP contribution is -2.11. The summed E-state index contributed by atoms with van der Waals surface area (Å²) >= 11 is 0. The first-order valence-corrected chi connectivity index (χ1v) is 9.77. The van der Waals surface area contributed by atoms with E-state index in [-0.39, 0.29) is 6.61 Å². The summed E-state index contributed by atoms with van der Waals surface area (Å²) in [6.45, 7) is -0.119. The molecule has 0 saturated heterocycles. The lowest BCUT2D eigenvalue weighted by Gasteiger charge is -2.12. The van der Waals surface area contributed by atoms with Crippen molar-refractivity contribution in [2.24, 2.45) is 0 Å². The zero-order valence-electron chi connectivity index (χ0n) is 16.1. The van der Waals surface area contributed by atoms with Crippen LogP contribution in [0.2, 0.25) is 0 Å². The van der Waals surface area contributed by atoms with E-state index in [2.05, 4.69) is 0 Å². The van der Waals surface area contributed by atoms with Gasteiger partial charge in [-0.05, 0) is 54.3 Å². The number of pyridine rings is 1. The van der Waals surface area contributed by atoms with Crippen molar-refractivity contribution in [1.29, 1.82) is 0 Å². The Hall–Kier alpha value is -3.73. The molecule has 0 fully saturated rings. The molecule has 4 nitrogen and oxygen atoms in total. The molecule has 148 valence electrons. The fourth-order valence-electron chi connectivity index (χ4n) is 3.89. The van der Waals surface area contributed by atoms with Gasteiger partial charge in [0.15, 0.2) is 0 Å². The Morgan fingerprint density at radius 1 is 1.07 bits per heavy atom. The monoisotopic (exact) mass is 399 g/mol. The second-order valence-electron chi connectivity index (χ2n) is 7.18. The van der Waals surface area contributed by atoms with E-state index < -0.39 is 11.8 Å². The maximum Gasteiger partial charge on any atom is 0.339 e. The second-order valence-corrected chi connectivity index (χ2v) is 7.18. The van der Waals surface area contributed by atoms with Crippen molar-refractivity contribution in [3.8, 4) is 0 Å². The number of esters is 1. The van der Waals surface area contributed by atoms with Gasteiger partial charge >= 0.3 is 5.97 Å². The predicted molar refractivity (Wildman–Crippen MR) is 112 cm³/mol. The van der Waals surface area contributed by atoms with Gasteiger partial charge in [-0.15, -0.1) is 0 Å². The number of carbonyl (C=O) groups excluding carboxylic acids is 1. The van der Waals surface area contributed by atoms with Gasteiger partial charge in [0.25, 0.3) is 0 Å². The third-order valence-corrected chi connectivity index (χ3v) is 5.32. The molecule has 1 aliphatic rings. The van der Waals surface area contributed by atoms with E-state index in [0.29, 0.717) is 17.5 Å². The number of ether oxygens (including phenoxy) is 1. The number of halogens is 1. The standard InChI is InChI=1S/C25H18FNO3/c26-21-9-3-1-6-17(21)15-30-25(28)23-19-8-2-4-10-22(19)27-24-16(11-12-20(23)24)14-18-7-5-13-29-18/h1-10,13-14H,11-12,15H2. The van der Waals surface area contributed by atoms with Gasteiger partial charge in [-0.2, -0.15) is 0 Å². The minimum Gasteiger partial charge on any atom is -0.465 e. The molecule has 2 heterocycles. The quantitative estimate of drug-likeness (QED) is 0.406. The second kappa shape index (κ2) is 7.59. The molecule has 30 heavy (non-hydrogen) atoms. The smallest absolute Gasteiger partial charge is 0.339 e. The molecule has 5 rings (SSSR count). The van der Waals surface area contributed by atoms with Crippen molar-refractivity contribution in [1.82, 2.24) is 4.98 Å². The molecule has 0 aliphatic heterocycles. The highest BCUT2D eigenvalue weighted by Crippen LogP contribution is 2.38. The Labute approximate surface area is 172 Å². The molecule has 0 spiro atoms. The number of furan rings is 1. The van der Waals surface area contributed by atoms with Gasteiger partial charge in [-0.1, -0.05) is 36.4 Å². The molecule has 0 atom stereocenters. The number of nitrogens with zero attached hydrogens (tertiary/aromatic N) is 1. The van der Waals surface area contributed by atoms with E-state index in [1.54, 1.807) is 24.5 Å². The molecule has 0 radical (unpaired) electrons. The maximum atomic E-state index is 13.9. The summed E-state index contributed by atoms with van der Waals surface area (Å²) in [4.78, 5) is 17.9. The van der Waals surface area contributed by atoms with Crippen LogP contribution >= 0.6 is 0 Å². The normalized spacial score (nSPS) is 14.2. The van der Waals surface area contributed by atoms with Crippen LogP contribution in [0.1, 0.15) is 39.4 Å². The van der Waals surface area contributed by atoms with Gasteiger partial charge in [0.05, 0.1) is 23.0 Å². The van der Waals surface area contributed by atoms with Gasteiger partial charge in [-0.25, -0.2) is 14.2 Å². The fourth-order valence-corrected chi connectivity index (χ4v) is 3.89. The Morgan fingerprint density at radius 2 is 1.90 bits per heavy atom. The van der Waals surface area contributed by atoms with Gasteiger partial charge in [0, 0.05) is 10.9 Å². The van der Waals surface area contributed by atoms with Crippen LogP contribution in [0.3, 0.4) is 0 Å². The first kappa shape index (κ1) is 18.3. The fraction of sp³-hybridized carbons (Fsp3) is 0.120. The molecule has 5 heteroatoms. The number of allylic oxidation sites excluding steroid dienone is 1. The summed E-state index contributed by atoms with van der Waals surface area (Å²) in [5.41, 5.74) is 4.26. The molecular weight excluding hydrogens is 381 g/mol. The summed E-state index contributed by atoms with van der Waals surface area (Å²) in [6, 6.07) is 17.5. The first-order valence-electron chi connectivity index (χ1n) is 9.77. The van der Waals surface area contributed by atoms with E-state index in [4.69, 9.17) is 14.1 Å². The molecule has 0 bridgehead atoms. The van der Waals surface area contributed by atoms with Crippen molar-refractivity contribution < 1.29 is 18.3 Å². The number of rotatable bonds is 4. The number of para-hydroxylation sites is 1. The highest BCUT2D eigenvalue weighted by molar-refractivity contribution is 6.07. The highest BCUT2D eigenvalue weighted by Gasteiger charge is 2.27. The number of hydrogen-bond donors (Lipinski definition) is 0. The topological polar surface area (TPSA) is 52.3 Å². The number of benzene rings is 2. The van der Waals surface area contributed by atoms with Crippen molar-refractivity contribution in [2.45, 2.75) is 19.4 Å². The SMILES string of the molecule is O=C(OCc1ccccc1F)c1c2c(nc3ccccc13)C(=Cc1ccco1)CC2. The third kappa shape index (κ3) is 3.28. The predicted octanol–water partition coefficient (Wildman–Crippen LogP) is 5.81. The van der Waals surface area contributed by atoms with Crippen LogP contribution in [-0.2, 0) is 17.8 Å². The Kier molecular flexibility index (Phi) is 4.64. The Bertz CT molecular complexity index is 1280. The summed E-state index contributed by atoms with van der Waals surface area (Å²) in [6.07, 6.45) is 5.03. The average molecular weight is 399 g/mol. The Balaban J connectivity index is 1.56. The molecule has 4 aromatic rings. The molecule has 0 saturated carbocycles. The van der Waals surface area contributed by atoms with Crippen LogP contribution in [-0.4, -0.2) is 11.0 Å². The summed E-state index contributed by atoms with van der Waals surface area (Å²) in [5, 5.41) is 0.744. The molecule has 0 amide bonds. The van der Waals surface area contributed by atoms with Gasteiger partial charge < -0.3 is 9.15 Å². The van der Waals surface area contributed by atoms with E-state index in [9.17, 15) is 9.18 Å². The van der Waals surface area contributed by atoms with E-state index >= 15 is 0 Å². The molecule has 0 N–H and O–H groups in total. The van der Waals surface area contributed by atoms with Crippen molar-refractivity contribution in [2.75, 3.05) is 0 Å². The lowest BCUT2D eigenvalue weighted by molar-refractivity contribution is 0.0470. The number of fused-ring (bicyclic) bond motifs is 2. The number of hydrogen-bond acceptors (Lipinski definition) is 4. The van der Waals surface area contributed by atoms with E-state index in [0.717, 1.165) is 39.9 Å². The zero-order valence-corrected chi connectivity index (χ0v) is 16.1. The van der Waals surface area contributed by atoms with Crippen LogP contribution in [0, 0.1) is 5.82 Å². The number of aromatic nitrogens is 1. The van der Waals surface area contributed by atoms with E-state index in [1.165, 1.54) is 6.07 Å². The molecule has 1 aliphatic carbocycles. The van der Waals surface area contributed by atoms with Crippen molar-refractivity contribution in [3.05, 3.63) is 101 Å². The minimum absolute atomic E-state index is 0.119. The first-order chi connectivity index (χ1) is 14.7. The largest absolute Gasteiger partial charge is 0.465 e. The van der Waals surface area contributed by atoms with E-state index in [1.807, 2.05) is 42.5 Å². The molecular formula is C25H18FNO3. The average Bonchev–Trinajstić information content (AvgIpc) is 3.42. The Morgan fingerprint density at radius 3 is 2.73 bits per heavy atom. The molecule has 0 unspecified atom stereocenters.